The van der Waals surface area contributed by atoms with E-state index >= 15 is 0 Å². The molecular formula is C15H19N5O4S. The summed E-state index contributed by atoms with van der Waals surface area (Å²) in [6.45, 7) is 2.88. The number of nitrogens with one attached hydrogen (secondary N) is 2. The highest BCUT2D eigenvalue weighted by atomic mass is 32.2. The summed E-state index contributed by atoms with van der Waals surface area (Å²) < 4.78 is 27.0. The lowest BCUT2D eigenvalue weighted by Gasteiger charge is -2.30. The number of sulfonamides is 1. The van der Waals surface area contributed by atoms with Crippen molar-refractivity contribution >= 4 is 27.1 Å². The highest BCUT2D eigenvalue weighted by molar-refractivity contribution is 7.89. The zero-order chi connectivity index (χ0) is 18.0. The summed E-state index contributed by atoms with van der Waals surface area (Å²) in [5.74, 6) is 0.278. The Bertz CT molecular complexity index is 866. The summed E-state index contributed by atoms with van der Waals surface area (Å²) in [5.41, 5.74) is 0.452. The number of aromatic nitrogens is 2. The lowest BCUT2D eigenvalue weighted by molar-refractivity contribution is -0.384. The number of aromatic amines is 1. The van der Waals surface area contributed by atoms with Crippen molar-refractivity contribution in [2.75, 3.05) is 18.4 Å². The predicted molar refractivity (Wildman–Crippen MR) is 92.1 cm³/mol. The van der Waals surface area contributed by atoms with Crippen molar-refractivity contribution in [3.05, 3.63) is 40.7 Å². The van der Waals surface area contributed by atoms with Gasteiger partial charge in [0.2, 0.25) is 10.0 Å². The number of nitrogens with zero attached hydrogens (tertiary/aromatic N) is 3. The Morgan fingerprint density at radius 2 is 2.24 bits per heavy atom. The van der Waals surface area contributed by atoms with Crippen LogP contribution in [0.3, 0.4) is 0 Å². The minimum Gasteiger partial charge on any atom is -0.347 e. The van der Waals surface area contributed by atoms with Crippen molar-refractivity contribution < 1.29 is 13.3 Å². The summed E-state index contributed by atoms with van der Waals surface area (Å²) in [6.07, 6.45) is 4.80. The summed E-state index contributed by atoms with van der Waals surface area (Å²) >= 11 is 0. The van der Waals surface area contributed by atoms with Gasteiger partial charge in [-0.15, -0.1) is 0 Å². The van der Waals surface area contributed by atoms with Gasteiger partial charge in [-0.05, 0) is 30.9 Å². The number of rotatable bonds is 5. The van der Waals surface area contributed by atoms with Crippen LogP contribution in [0.5, 0.6) is 0 Å². The van der Waals surface area contributed by atoms with Gasteiger partial charge in [-0.1, -0.05) is 6.92 Å². The van der Waals surface area contributed by atoms with Gasteiger partial charge in [0.25, 0.3) is 5.69 Å². The second-order valence-electron chi connectivity index (χ2n) is 6.16. The normalized spacial score (nSPS) is 18.8. The minimum absolute atomic E-state index is 0.0638. The molecule has 0 aliphatic carbocycles. The molecule has 134 valence electrons. The third-order valence-corrected chi connectivity index (χ3v) is 6.06. The van der Waals surface area contributed by atoms with E-state index in [0.717, 1.165) is 18.9 Å². The van der Waals surface area contributed by atoms with Gasteiger partial charge in [0, 0.05) is 25.4 Å². The van der Waals surface area contributed by atoms with Gasteiger partial charge in [0.05, 0.1) is 21.7 Å². The average molecular weight is 365 g/mol. The molecule has 1 atom stereocenters. The molecule has 0 radical (unpaired) electrons. The fourth-order valence-corrected chi connectivity index (χ4v) is 4.54. The molecule has 3 rings (SSSR count). The van der Waals surface area contributed by atoms with Gasteiger partial charge in [0.15, 0.2) is 0 Å². The van der Waals surface area contributed by atoms with Crippen LogP contribution in [-0.2, 0) is 10.0 Å². The van der Waals surface area contributed by atoms with Gasteiger partial charge >= 0.3 is 0 Å². The van der Waals surface area contributed by atoms with Crippen molar-refractivity contribution in [1.82, 2.24) is 14.5 Å². The molecule has 10 heteroatoms. The van der Waals surface area contributed by atoms with E-state index in [4.69, 9.17) is 0 Å². The maximum atomic E-state index is 12.8. The molecule has 0 bridgehead atoms. The first-order chi connectivity index (χ1) is 11.9. The van der Waals surface area contributed by atoms with Crippen LogP contribution in [0.2, 0.25) is 0 Å². The van der Waals surface area contributed by atoms with E-state index < -0.39 is 14.9 Å². The molecule has 0 saturated carbocycles. The minimum atomic E-state index is -3.75. The Balaban J connectivity index is 1.94. The molecule has 1 aromatic carbocycles. The van der Waals surface area contributed by atoms with Crippen LogP contribution >= 0.6 is 0 Å². The predicted octanol–water partition coefficient (Wildman–Crippen LogP) is 2.48. The van der Waals surface area contributed by atoms with Gasteiger partial charge < -0.3 is 5.32 Å². The van der Waals surface area contributed by atoms with Crippen LogP contribution in [0.4, 0.5) is 17.1 Å². The maximum absolute atomic E-state index is 12.8. The van der Waals surface area contributed by atoms with Crippen molar-refractivity contribution in [3.8, 4) is 0 Å². The highest BCUT2D eigenvalue weighted by Crippen LogP contribution is 2.32. The molecule has 0 spiro atoms. The monoisotopic (exact) mass is 365 g/mol. The first-order valence-corrected chi connectivity index (χ1v) is 9.36. The van der Waals surface area contributed by atoms with E-state index in [1.807, 2.05) is 6.92 Å². The number of H-pyrrole nitrogens is 1. The number of benzene rings is 1. The molecule has 2 heterocycles. The Morgan fingerprint density at radius 3 is 2.88 bits per heavy atom. The molecule has 2 aromatic rings. The molecular weight excluding hydrogens is 346 g/mol. The van der Waals surface area contributed by atoms with Gasteiger partial charge in [-0.2, -0.15) is 9.40 Å². The summed E-state index contributed by atoms with van der Waals surface area (Å²) in [6, 6.07) is 3.91. The topological polar surface area (TPSA) is 121 Å². The summed E-state index contributed by atoms with van der Waals surface area (Å²) in [7, 11) is -3.75. The van der Waals surface area contributed by atoms with E-state index in [1.54, 1.807) is 6.20 Å². The first kappa shape index (κ1) is 17.4. The van der Waals surface area contributed by atoms with Crippen molar-refractivity contribution in [3.63, 3.8) is 0 Å². The van der Waals surface area contributed by atoms with Crippen molar-refractivity contribution in [2.45, 2.75) is 24.7 Å². The van der Waals surface area contributed by atoms with E-state index in [-0.39, 0.29) is 22.2 Å². The Morgan fingerprint density at radius 1 is 1.44 bits per heavy atom. The molecule has 2 N–H and O–H groups in total. The van der Waals surface area contributed by atoms with Gasteiger partial charge in [-0.25, -0.2) is 8.42 Å². The second kappa shape index (κ2) is 6.81. The van der Waals surface area contributed by atoms with Crippen LogP contribution in [0.25, 0.3) is 0 Å². The lowest BCUT2D eigenvalue weighted by Crippen LogP contribution is -2.39. The molecule has 1 aliphatic rings. The Labute approximate surface area is 145 Å². The van der Waals surface area contributed by atoms with Crippen LogP contribution in [0.1, 0.15) is 19.8 Å². The van der Waals surface area contributed by atoms with Crippen LogP contribution < -0.4 is 5.32 Å². The van der Waals surface area contributed by atoms with E-state index in [1.165, 1.54) is 22.6 Å². The van der Waals surface area contributed by atoms with Crippen molar-refractivity contribution in [1.29, 1.82) is 0 Å². The molecule has 1 aliphatic heterocycles. The summed E-state index contributed by atoms with van der Waals surface area (Å²) in [5, 5.41) is 20.6. The Hall–Kier alpha value is -2.46. The number of hydrogen-bond acceptors (Lipinski definition) is 6. The first-order valence-electron chi connectivity index (χ1n) is 7.92. The van der Waals surface area contributed by atoms with Crippen LogP contribution in [0.15, 0.2) is 35.5 Å². The van der Waals surface area contributed by atoms with E-state index in [9.17, 15) is 18.5 Å². The quantitative estimate of drug-likeness (QED) is 0.620. The summed E-state index contributed by atoms with van der Waals surface area (Å²) in [4.78, 5) is 10.7. The lowest BCUT2D eigenvalue weighted by atomic mass is 10.0. The smallest absolute Gasteiger partial charge is 0.294 e. The number of anilines is 2. The number of piperidine rings is 1. The standard InChI is InChI=1S/C15H19N5O4S/c1-11-3-2-6-19(10-11)25(23,24)13-4-5-14(15(7-13)20(21)22)18-12-8-16-17-9-12/h4-5,7-9,11,18H,2-3,6,10H2,1H3,(H,16,17). The maximum Gasteiger partial charge on any atom is 0.294 e. The molecule has 25 heavy (non-hydrogen) atoms. The highest BCUT2D eigenvalue weighted by Gasteiger charge is 2.30. The van der Waals surface area contributed by atoms with Gasteiger partial charge in [-0.3, -0.25) is 15.2 Å². The molecule has 1 fully saturated rings. The second-order valence-corrected chi connectivity index (χ2v) is 8.10. The number of nitro benzene ring substituents is 1. The molecule has 1 aromatic heterocycles. The van der Waals surface area contributed by atoms with Crippen LogP contribution in [-0.4, -0.2) is 40.9 Å². The zero-order valence-corrected chi connectivity index (χ0v) is 14.5. The third kappa shape index (κ3) is 3.64. The fourth-order valence-electron chi connectivity index (χ4n) is 2.92. The molecule has 9 nitrogen and oxygen atoms in total. The van der Waals surface area contributed by atoms with E-state index in [0.29, 0.717) is 18.8 Å². The fraction of sp³-hybridized carbons (Fsp3) is 0.400. The average Bonchev–Trinajstić information content (AvgIpc) is 3.08. The van der Waals surface area contributed by atoms with Crippen molar-refractivity contribution in [2.24, 2.45) is 5.92 Å². The SMILES string of the molecule is CC1CCCN(S(=O)(=O)c2ccc(Nc3cn[nH]c3)c([N+](=O)[O-])c2)C1. The van der Waals surface area contributed by atoms with Gasteiger partial charge in [0.1, 0.15) is 5.69 Å². The number of nitro groups is 1. The van der Waals surface area contributed by atoms with E-state index in [2.05, 4.69) is 15.5 Å². The largest absolute Gasteiger partial charge is 0.347 e. The number of hydrogen-bond donors (Lipinski definition) is 2. The van der Waals surface area contributed by atoms with Crippen LogP contribution in [0, 0.1) is 16.0 Å². The zero-order valence-electron chi connectivity index (χ0n) is 13.7. The third-order valence-electron chi connectivity index (χ3n) is 4.20. The Kier molecular flexibility index (Phi) is 4.73. The molecule has 0 amide bonds. The molecule has 1 saturated heterocycles. The molecule has 1 unspecified atom stereocenters.